The summed E-state index contributed by atoms with van der Waals surface area (Å²) in [6, 6.07) is 0.306. The number of hydrogen-bond donors (Lipinski definition) is 2. The summed E-state index contributed by atoms with van der Waals surface area (Å²) in [6.07, 6.45) is 7.09. The van der Waals surface area contributed by atoms with Gasteiger partial charge in [-0.15, -0.1) is 0 Å². The molecule has 1 rings (SSSR count). The number of nitrogens with one attached hydrogen (secondary N) is 2. The number of rotatable bonds is 4. The predicted octanol–water partition coefficient (Wildman–Crippen LogP) is 1.60. The van der Waals surface area contributed by atoms with Gasteiger partial charge in [0.1, 0.15) is 0 Å². The van der Waals surface area contributed by atoms with E-state index in [1.807, 2.05) is 13.8 Å². The Morgan fingerprint density at radius 1 is 1.12 bits per heavy atom. The largest absolute Gasteiger partial charge is 0.352 e. The minimum Gasteiger partial charge on any atom is -0.352 e. The molecule has 0 aromatic heterocycles. The molecule has 17 heavy (non-hydrogen) atoms. The van der Waals surface area contributed by atoms with E-state index in [1.54, 1.807) is 0 Å². The van der Waals surface area contributed by atoms with Crippen molar-refractivity contribution >= 4 is 11.8 Å². The highest BCUT2D eigenvalue weighted by Gasteiger charge is 2.15. The maximum Gasteiger partial charge on any atom is 0.239 e. The molecule has 2 amide bonds. The highest BCUT2D eigenvalue weighted by Crippen LogP contribution is 2.16. The highest BCUT2D eigenvalue weighted by atomic mass is 16.2. The third kappa shape index (κ3) is 5.71. The Morgan fingerprint density at radius 3 is 2.24 bits per heavy atom. The molecule has 98 valence electrons. The lowest BCUT2D eigenvalue weighted by atomic mass is 10.1. The summed E-state index contributed by atoms with van der Waals surface area (Å²) in [4.78, 5) is 22.9. The van der Waals surface area contributed by atoms with Crippen LogP contribution in [0.5, 0.6) is 0 Å². The molecule has 0 aliphatic heterocycles. The smallest absolute Gasteiger partial charge is 0.239 e. The molecule has 0 aromatic rings. The first kappa shape index (κ1) is 14.0. The van der Waals surface area contributed by atoms with Gasteiger partial charge in [0, 0.05) is 12.0 Å². The normalized spacial score (nSPS) is 17.6. The van der Waals surface area contributed by atoms with Gasteiger partial charge >= 0.3 is 0 Å². The molecule has 2 N–H and O–H groups in total. The third-order valence-corrected chi connectivity index (χ3v) is 3.17. The lowest BCUT2D eigenvalue weighted by Gasteiger charge is -2.16. The van der Waals surface area contributed by atoms with E-state index in [2.05, 4.69) is 10.6 Å². The first-order chi connectivity index (χ1) is 8.09. The quantitative estimate of drug-likeness (QED) is 0.733. The third-order valence-electron chi connectivity index (χ3n) is 3.17. The van der Waals surface area contributed by atoms with Gasteiger partial charge in [0.05, 0.1) is 6.54 Å². The Morgan fingerprint density at radius 2 is 1.71 bits per heavy atom. The number of hydrogen-bond acceptors (Lipinski definition) is 2. The molecule has 1 aliphatic carbocycles. The van der Waals surface area contributed by atoms with E-state index in [9.17, 15) is 9.59 Å². The van der Waals surface area contributed by atoms with Crippen molar-refractivity contribution in [2.45, 2.75) is 58.4 Å². The van der Waals surface area contributed by atoms with E-state index >= 15 is 0 Å². The lowest BCUT2D eigenvalue weighted by molar-refractivity contribution is -0.128. The van der Waals surface area contributed by atoms with Crippen molar-refractivity contribution in [1.82, 2.24) is 10.6 Å². The molecule has 0 radical (unpaired) electrons. The standard InChI is InChI=1S/C13H24N2O2/c1-10(2)13(17)14-9-12(16)15-11-7-5-3-4-6-8-11/h10-11H,3-9H2,1-2H3,(H,14,17)(H,15,16). The Kier molecular flexibility index (Phi) is 6.01. The zero-order chi connectivity index (χ0) is 12.7. The van der Waals surface area contributed by atoms with Crippen LogP contribution in [0.15, 0.2) is 0 Å². The topological polar surface area (TPSA) is 58.2 Å². The van der Waals surface area contributed by atoms with Crippen LogP contribution >= 0.6 is 0 Å². The molecule has 0 unspecified atom stereocenters. The van der Waals surface area contributed by atoms with Gasteiger partial charge in [-0.1, -0.05) is 39.5 Å². The molecule has 1 saturated carbocycles. The van der Waals surface area contributed by atoms with Gasteiger partial charge in [-0.3, -0.25) is 9.59 Å². The maximum absolute atomic E-state index is 11.6. The van der Waals surface area contributed by atoms with Crippen molar-refractivity contribution in [3.05, 3.63) is 0 Å². The Balaban J connectivity index is 2.21. The van der Waals surface area contributed by atoms with Crippen LogP contribution < -0.4 is 10.6 Å². The van der Waals surface area contributed by atoms with Crippen molar-refractivity contribution in [2.24, 2.45) is 5.92 Å². The Bertz CT molecular complexity index is 256. The highest BCUT2D eigenvalue weighted by molar-refractivity contribution is 5.85. The van der Waals surface area contributed by atoms with Crippen LogP contribution in [0.25, 0.3) is 0 Å². The van der Waals surface area contributed by atoms with E-state index in [4.69, 9.17) is 0 Å². The molecule has 1 aliphatic rings. The molecule has 0 aromatic carbocycles. The monoisotopic (exact) mass is 240 g/mol. The van der Waals surface area contributed by atoms with Crippen molar-refractivity contribution in [1.29, 1.82) is 0 Å². The Labute approximate surface area is 104 Å². The van der Waals surface area contributed by atoms with Gasteiger partial charge in [0.2, 0.25) is 11.8 Å². The molecular weight excluding hydrogens is 216 g/mol. The molecule has 0 bridgehead atoms. The fourth-order valence-electron chi connectivity index (χ4n) is 2.07. The molecule has 4 heteroatoms. The van der Waals surface area contributed by atoms with Gasteiger partial charge in [0.15, 0.2) is 0 Å². The lowest BCUT2D eigenvalue weighted by Crippen LogP contribution is -2.42. The van der Waals surface area contributed by atoms with Gasteiger partial charge in [0.25, 0.3) is 0 Å². The summed E-state index contributed by atoms with van der Waals surface area (Å²) in [5.41, 5.74) is 0. The van der Waals surface area contributed by atoms with Crippen LogP contribution in [0.1, 0.15) is 52.4 Å². The van der Waals surface area contributed by atoms with Gasteiger partial charge in [-0.25, -0.2) is 0 Å². The van der Waals surface area contributed by atoms with Gasteiger partial charge < -0.3 is 10.6 Å². The fraction of sp³-hybridized carbons (Fsp3) is 0.846. The van der Waals surface area contributed by atoms with Crippen molar-refractivity contribution in [3.63, 3.8) is 0 Å². The zero-order valence-electron chi connectivity index (χ0n) is 10.9. The van der Waals surface area contributed by atoms with Crippen LogP contribution in [-0.4, -0.2) is 24.4 Å². The second kappa shape index (κ2) is 7.30. The van der Waals surface area contributed by atoms with Crippen molar-refractivity contribution < 1.29 is 9.59 Å². The van der Waals surface area contributed by atoms with E-state index in [0.29, 0.717) is 6.04 Å². The van der Waals surface area contributed by atoms with Crippen molar-refractivity contribution in [2.75, 3.05) is 6.54 Å². The summed E-state index contributed by atoms with van der Waals surface area (Å²) >= 11 is 0. The average Bonchev–Trinajstić information content (AvgIpc) is 2.54. The molecule has 1 fully saturated rings. The van der Waals surface area contributed by atoms with Crippen LogP contribution in [0.4, 0.5) is 0 Å². The molecule has 0 spiro atoms. The van der Waals surface area contributed by atoms with Crippen LogP contribution in [0.2, 0.25) is 0 Å². The van der Waals surface area contributed by atoms with Gasteiger partial charge in [-0.2, -0.15) is 0 Å². The van der Waals surface area contributed by atoms with Crippen LogP contribution in [-0.2, 0) is 9.59 Å². The molecule has 0 heterocycles. The summed E-state index contributed by atoms with van der Waals surface area (Å²) < 4.78 is 0. The first-order valence-electron chi connectivity index (χ1n) is 6.66. The summed E-state index contributed by atoms with van der Waals surface area (Å²) in [7, 11) is 0. The van der Waals surface area contributed by atoms with E-state index in [0.717, 1.165) is 12.8 Å². The number of carbonyl (C=O) groups excluding carboxylic acids is 2. The number of carbonyl (C=O) groups is 2. The Hall–Kier alpha value is -1.06. The average molecular weight is 240 g/mol. The molecular formula is C13H24N2O2. The summed E-state index contributed by atoms with van der Waals surface area (Å²) in [5, 5.41) is 5.64. The fourth-order valence-corrected chi connectivity index (χ4v) is 2.07. The van der Waals surface area contributed by atoms with Crippen molar-refractivity contribution in [3.8, 4) is 0 Å². The molecule has 4 nitrogen and oxygen atoms in total. The second-order valence-electron chi connectivity index (χ2n) is 5.13. The summed E-state index contributed by atoms with van der Waals surface area (Å²) in [6.45, 7) is 3.74. The van der Waals surface area contributed by atoms with Crippen LogP contribution in [0.3, 0.4) is 0 Å². The zero-order valence-corrected chi connectivity index (χ0v) is 10.9. The minimum atomic E-state index is -0.0688. The predicted molar refractivity (Wildman–Crippen MR) is 67.5 cm³/mol. The van der Waals surface area contributed by atoms with Crippen LogP contribution in [0, 0.1) is 5.92 Å². The second-order valence-corrected chi connectivity index (χ2v) is 5.13. The minimum absolute atomic E-state index is 0.0640. The SMILES string of the molecule is CC(C)C(=O)NCC(=O)NC1CCCCCC1. The number of amides is 2. The molecule has 0 atom stereocenters. The first-order valence-corrected chi connectivity index (χ1v) is 6.66. The van der Waals surface area contributed by atoms with E-state index in [1.165, 1.54) is 25.7 Å². The summed E-state index contributed by atoms with van der Waals surface area (Å²) in [5.74, 6) is -0.201. The van der Waals surface area contributed by atoms with E-state index in [-0.39, 0.29) is 24.3 Å². The van der Waals surface area contributed by atoms with E-state index < -0.39 is 0 Å². The maximum atomic E-state index is 11.6. The van der Waals surface area contributed by atoms with Gasteiger partial charge in [-0.05, 0) is 12.8 Å². The molecule has 0 saturated heterocycles.